The molecule has 18 heteroatoms. The number of rotatable bonds is 10. The quantitative estimate of drug-likeness (QED) is 0.279. The molecule has 3 fully saturated rings. The van der Waals surface area contributed by atoms with Crippen molar-refractivity contribution >= 4 is 29.9 Å². The Balaban J connectivity index is 1.14. The maximum Gasteiger partial charge on any atom is 0.416 e. The van der Waals surface area contributed by atoms with Crippen LogP contribution < -0.4 is 21.6 Å². The molecule has 1 saturated carbocycles. The van der Waals surface area contributed by atoms with Crippen LogP contribution in [0.2, 0.25) is 0 Å². The van der Waals surface area contributed by atoms with Crippen LogP contribution in [-0.2, 0) is 22.1 Å². The number of carbonyl (C=O) groups is 4. The molecule has 1 aliphatic carbocycles. The molecule has 2 aliphatic heterocycles. The number of hydrogen-bond donors (Lipinski definition) is 4. The summed E-state index contributed by atoms with van der Waals surface area (Å²) in [6.07, 6.45) is -4.53. The summed E-state index contributed by atoms with van der Waals surface area (Å²) in [6, 6.07) is 4.52. The van der Waals surface area contributed by atoms with E-state index in [0.717, 1.165) is 23.7 Å². The molecule has 4 N–H and O–H groups in total. The van der Waals surface area contributed by atoms with Crippen LogP contribution in [0.5, 0.6) is 0 Å². The Kier molecular flexibility index (Phi) is 11.6. The molecule has 0 bridgehead atoms. The molecule has 3 unspecified atom stereocenters. The van der Waals surface area contributed by atoms with Crippen LogP contribution in [0, 0.1) is 17.8 Å². The predicted molar refractivity (Wildman–Crippen MR) is 191 cm³/mol. The smallest absolute Gasteiger partial charge is 0.416 e. The number of likely N-dealkylation sites (tertiary alicyclic amines) is 1. The van der Waals surface area contributed by atoms with Crippen molar-refractivity contribution < 1.29 is 42.2 Å². The number of fused-ring (bicyclic) bond motifs is 1. The number of alkyl halides is 3. The van der Waals surface area contributed by atoms with E-state index in [-0.39, 0.29) is 61.6 Å². The molecule has 2 aromatic rings. The highest BCUT2D eigenvalue weighted by Gasteiger charge is 2.55. The van der Waals surface area contributed by atoms with Gasteiger partial charge in [-0.2, -0.15) is 18.2 Å². The van der Waals surface area contributed by atoms with Crippen LogP contribution in [0.25, 0.3) is 5.69 Å². The second kappa shape index (κ2) is 15.5. The van der Waals surface area contributed by atoms with Crippen molar-refractivity contribution in [3.8, 4) is 5.69 Å². The zero-order chi connectivity index (χ0) is 39.7. The Hall–Kier alpha value is -4.87. The van der Waals surface area contributed by atoms with Gasteiger partial charge >= 0.3 is 30.1 Å². The van der Waals surface area contributed by atoms with Crippen molar-refractivity contribution in [2.45, 2.75) is 77.7 Å². The fraction of sp³-hybridized carbons (Fsp3) is 0.611. The zero-order valence-electron chi connectivity index (χ0n) is 31.3. The maximum atomic E-state index is 14.3. The van der Waals surface area contributed by atoms with E-state index in [1.54, 1.807) is 34.6 Å². The lowest BCUT2D eigenvalue weighted by Gasteiger charge is -2.38. The summed E-state index contributed by atoms with van der Waals surface area (Å²) in [5, 5.41) is 16.4. The van der Waals surface area contributed by atoms with Crippen LogP contribution in [0.4, 0.5) is 33.4 Å². The Bertz CT molecular complexity index is 1790. The van der Waals surface area contributed by atoms with Crippen LogP contribution in [0.1, 0.15) is 59.1 Å². The Morgan fingerprint density at radius 3 is 2.19 bits per heavy atom. The molecule has 1 aromatic carbocycles. The molecule has 2 saturated heterocycles. The number of carboxylic acid groups (broad SMARTS) is 1. The Morgan fingerprint density at radius 2 is 1.61 bits per heavy atom. The number of piperazine rings is 1. The highest BCUT2D eigenvalue weighted by Crippen LogP contribution is 2.52. The number of hydrogen-bond acceptors (Lipinski definition) is 8. The van der Waals surface area contributed by atoms with Crippen LogP contribution >= 0.6 is 0 Å². The normalized spacial score (nSPS) is 20.9. The molecule has 3 atom stereocenters. The van der Waals surface area contributed by atoms with Gasteiger partial charge in [0.05, 0.1) is 11.3 Å². The van der Waals surface area contributed by atoms with Gasteiger partial charge in [-0.3, -0.25) is 14.7 Å². The number of nitrogens with zero attached hydrogens (tertiary/aromatic N) is 5. The van der Waals surface area contributed by atoms with E-state index in [1.807, 2.05) is 6.92 Å². The van der Waals surface area contributed by atoms with Crippen LogP contribution in [-0.4, -0.2) is 116 Å². The average Bonchev–Trinajstić information content (AvgIpc) is 3.52. The lowest BCUT2D eigenvalue weighted by molar-refractivity contribution is -0.139. The summed E-state index contributed by atoms with van der Waals surface area (Å²) in [4.78, 5) is 71.2. The van der Waals surface area contributed by atoms with E-state index in [0.29, 0.717) is 30.7 Å². The molecule has 296 valence electrons. The Morgan fingerprint density at radius 1 is 0.981 bits per heavy atom. The number of benzene rings is 1. The highest BCUT2D eigenvalue weighted by atomic mass is 19.4. The van der Waals surface area contributed by atoms with E-state index in [9.17, 15) is 37.1 Å². The van der Waals surface area contributed by atoms with Gasteiger partial charge in [-0.1, -0.05) is 6.07 Å². The minimum absolute atomic E-state index is 0.0278. The lowest BCUT2D eigenvalue weighted by Crippen LogP contribution is -2.60. The minimum Gasteiger partial charge on any atom is -0.465 e. The average molecular weight is 763 g/mol. The first kappa shape index (κ1) is 40.3. The van der Waals surface area contributed by atoms with Crippen molar-refractivity contribution in [3.63, 3.8) is 0 Å². The van der Waals surface area contributed by atoms with E-state index in [1.165, 1.54) is 34.2 Å². The van der Waals surface area contributed by atoms with Crippen molar-refractivity contribution in [2.24, 2.45) is 17.8 Å². The molecular formula is C36H49F3N8O7. The van der Waals surface area contributed by atoms with Crippen molar-refractivity contribution in [2.75, 3.05) is 51.1 Å². The highest BCUT2D eigenvalue weighted by molar-refractivity contribution is 5.90. The van der Waals surface area contributed by atoms with E-state index in [4.69, 9.17) is 9.84 Å². The van der Waals surface area contributed by atoms with E-state index < -0.39 is 46.8 Å². The van der Waals surface area contributed by atoms with Gasteiger partial charge < -0.3 is 35.2 Å². The minimum atomic E-state index is -4.67. The van der Waals surface area contributed by atoms with Gasteiger partial charge in [0.15, 0.2) is 0 Å². The summed E-state index contributed by atoms with van der Waals surface area (Å²) in [5.74, 6) is 0.677. The van der Waals surface area contributed by atoms with E-state index in [2.05, 4.69) is 25.8 Å². The van der Waals surface area contributed by atoms with E-state index >= 15 is 0 Å². The van der Waals surface area contributed by atoms with Crippen molar-refractivity contribution in [3.05, 3.63) is 52.1 Å². The largest absolute Gasteiger partial charge is 0.465 e. The van der Waals surface area contributed by atoms with Gasteiger partial charge in [-0.15, -0.1) is 0 Å². The number of aryl methyl sites for hydroxylation is 1. The number of halogens is 3. The number of carbonyl (C=O) groups excluding carboxylic acids is 3. The van der Waals surface area contributed by atoms with Gasteiger partial charge in [0.2, 0.25) is 5.91 Å². The van der Waals surface area contributed by atoms with Crippen LogP contribution in [0.15, 0.2) is 35.3 Å². The number of amides is 5. The number of urea groups is 1. The molecule has 5 rings (SSSR count). The first-order chi connectivity index (χ1) is 25.1. The molecule has 3 heterocycles. The molecule has 1 aromatic heterocycles. The number of anilines is 1. The second-order valence-corrected chi connectivity index (χ2v) is 15.8. The molecule has 15 nitrogen and oxygen atoms in total. The predicted octanol–water partition coefficient (Wildman–Crippen LogP) is 4.00. The Labute approximate surface area is 311 Å². The number of aromatic nitrogens is 2. The molecule has 54 heavy (non-hydrogen) atoms. The number of ether oxygens (including phenoxy) is 1. The molecular weight excluding hydrogens is 713 g/mol. The van der Waals surface area contributed by atoms with Crippen molar-refractivity contribution in [1.82, 2.24) is 34.9 Å². The van der Waals surface area contributed by atoms with Gasteiger partial charge in [-0.05, 0) is 95.9 Å². The summed E-state index contributed by atoms with van der Waals surface area (Å²) < 4.78 is 49.0. The number of piperidine rings is 1. The zero-order valence-corrected chi connectivity index (χ0v) is 31.3. The standard InChI is InChI=1S/C36H49F3N8O7/c1-21(46-19-25-24(26(25)20-46)18-40-32(51)52)7-8-22-9-10-23(17-27(22)36(37,38)39)47-12-11-28(42-31(47)50)41-30(49)45-15-13-44(14-16-45)29(48)35(5,6)43-33(53)54-34(2,3)4/h9-12,17,21,24-26,40H,7-8,13-16,18-20H2,1-6H3,(H,43,53)(H,51,52)(H,41,42,49,50). The van der Waals surface area contributed by atoms with Crippen LogP contribution in [0.3, 0.4) is 0 Å². The topological polar surface area (TPSA) is 178 Å². The van der Waals surface area contributed by atoms with Gasteiger partial charge in [-0.25, -0.2) is 19.2 Å². The number of alkyl carbamates (subject to hydrolysis) is 1. The monoisotopic (exact) mass is 762 g/mol. The van der Waals surface area contributed by atoms with Gasteiger partial charge in [0.1, 0.15) is 17.0 Å². The van der Waals surface area contributed by atoms with Crippen molar-refractivity contribution in [1.29, 1.82) is 0 Å². The van der Waals surface area contributed by atoms with Gasteiger partial charge in [0, 0.05) is 58.1 Å². The summed E-state index contributed by atoms with van der Waals surface area (Å²) in [7, 11) is 0. The maximum absolute atomic E-state index is 14.3. The second-order valence-electron chi connectivity index (χ2n) is 15.8. The molecule has 5 amide bonds. The third kappa shape index (κ3) is 9.81. The fourth-order valence-corrected chi connectivity index (χ4v) is 7.27. The fourth-order valence-electron chi connectivity index (χ4n) is 7.27. The molecule has 3 aliphatic rings. The summed E-state index contributed by atoms with van der Waals surface area (Å²) in [5.41, 5.74) is -3.65. The SMILES string of the molecule is CC(CCc1ccc(-n2ccc(NC(=O)N3CCN(C(=O)C(C)(C)NC(=O)OC(C)(C)C)CC3)nc2=O)cc1C(F)(F)F)N1CC2C(CNC(=O)O)C2C1. The third-order valence-corrected chi connectivity index (χ3v) is 10.3. The van der Waals surface area contributed by atoms with Gasteiger partial charge in [0.25, 0.3) is 0 Å². The molecule has 0 radical (unpaired) electrons. The summed E-state index contributed by atoms with van der Waals surface area (Å²) >= 11 is 0. The summed E-state index contributed by atoms with van der Waals surface area (Å²) in [6.45, 7) is 12.9. The lowest BCUT2D eigenvalue weighted by atomic mass is 9.98. The first-order valence-corrected chi connectivity index (χ1v) is 18.0. The third-order valence-electron chi connectivity index (χ3n) is 10.3. The molecule has 0 spiro atoms. The first-order valence-electron chi connectivity index (χ1n) is 18.0. The number of nitrogens with one attached hydrogen (secondary N) is 3.